The molecule has 0 aliphatic rings. The molecule has 0 spiro atoms. The van der Waals surface area contributed by atoms with Gasteiger partial charge in [-0.05, 0) is 37.2 Å². The third-order valence-electron chi connectivity index (χ3n) is 6.07. The van der Waals surface area contributed by atoms with Gasteiger partial charge in [-0.2, -0.15) is 24.4 Å². The highest BCUT2D eigenvalue weighted by molar-refractivity contribution is 7.98. The van der Waals surface area contributed by atoms with Crippen LogP contribution in [-0.2, 0) is 43.2 Å². The first-order valence-electron chi connectivity index (χ1n) is 14.0. The van der Waals surface area contributed by atoms with Crippen LogP contribution in [0, 0.1) is 5.92 Å². The minimum absolute atomic E-state index is 0. The normalized spacial score (nSPS) is 13.6. The van der Waals surface area contributed by atoms with Crippen molar-refractivity contribution in [3.8, 4) is 0 Å². The summed E-state index contributed by atoms with van der Waals surface area (Å²) in [7, 11) is 0. The number of aliphatic carboxylic acids is 3. The zero-order chi connectivity index (χ0) is 35.4. The van der Waals surface area contributed by atoms with Crippen molar-refractivity contribution in [2.75, 3.05) is 24.3 Å². The van der Waals surface area contributed by atoms with Crippen LogP contribution in [-0.4, -0.2) is 124 Å². The molecular weight excluding hydrogens is 666 g/mol. The number of carbonyl (C=O) groups is 9. The van der Waals surface area contributed by atoms with Crippen LogP contribution in [0.15, 0.2) is 0 Å². The van der Waals surface area contributed by atoms with Gasteiger partial charge < -0.3 is 53.4 Å². The summed E-state index contributed by atoms with van der Waals surface area (Å²) in [5.41, 5.74) is 0. The molecule has 6 amide bonds. The number of hydrogen-bond acceptors (Lipinski definition) is 12. The number of amides is 6. The molecule has 0 aliphatic carbocycles. The molecule has 268 valence electrons. The first kappa shape index (κ1) is 45.0. The Labute approximate surface area is 280 Å². The van der Waals surface area contributed by atoms with Gasteiger partial charge in [-0.15, -0.1) is 0 Å². The lowest BCUT2D eigenvalue weighted by molar-refractivity contribution is -0.143. The predicted molar refractivity (Wildman–Crippen MR) is 172 cm³/mol. The Kier molecular flexibility index (Phi) is 23.1. The van der Waals surface area contributed by atoms with Gasteiger partial charge in [0.25, 0.3) is 0 Å². The topological polar surface area (TPSA) is 322 Å². The fourth-order valence-corrected chi connectivity index (χ4v) is 4.50. The maximum Gasteiger partial charge on any atom is 0.326 e. The lowest BCUT2D eigenvalue weighted by Gasteiger charge is -2.24. The van der Waals surface area contributed by atoms with Crippen LogP contribution in [0.5, 0.6) is 0 Å². The van der Waals surface area contributed by atoms with Crippen molar-refractivity contribution in [1.82, 2.24) is 38.1 Å². The number of carbonyl (C=O) groups excluding carboxylic acids is 6. The van der Waals surface area contributed by atoms with E-state index in [4.69, 9.17) is 5.11 Å². The summed E-state index contributed by atoms with van der Waals surface area (Å²) in [5.74, 6) is -8.75. The number of rotatable bonds is 24. The Morgan fingerprint density at radius 1 is 0.745 bits per heavy atom. The van der Waals surface area contributed by atoms with Crippen molar-refractivity contribution in [2.45, 2.75) is 76.2 Å². The molecule has 0 fully saturated rings. The molecule has 19 nitrogen and oxygen atoms in total. The standard InChI is InChI=1S/C26H42N6O12S2.H3N/c1-13(2)8-17(26(43)44)32-24(41)15(4-5-20(35)36)30-25(42)18(11-45)29-19(34)10-27-22(39)16(9-21(37)38)31-23(40)14(28-12-33)6-7-46-3;/h12-18,45H,4-11H2,1-3H3,(H,27,39)(H,28,33)(H,29,34)(H,30,42)(H,31,40)(H,32,41)(H,35,36)(H,37,38)(H,43,44);1H3/t14-,15-,16-,17-,18-;/m0./s1. The summed E-state index contributed by atoms with van der Waals surface area (Å²) in [4.78, 5) is 108. The van der Waals surface area contributed by atoms with Crippen molar-refractivity contribution < 1.29 is 58.5 Å². The number of carboxylic acid groups (broad SMARTS) is 3. The van der Waals surface area contributed by atoms with Gasteiger partial charge in [0.2, 0.25) is 35.9 Å². The summed E-state index contributed by atoms with van der Waals surface area (Å²) in [6.07, 6.45) is 0.506. The summed E-state index contributed by atoms with van der Waals surface area (Å²) >= 11 is 5.39. The fourth-order valence-electron chi connectivity index (χ4n) is 3.77. The minimum atomic E-state index is -1.62. The highest BCUT2D eigenvalue weighted by Gasteiger charge is 2.31. The molecule has 47 heavy (non-hydrogen) atoms. The predicted octanol–water partition coefficient (Wildman–Crippen LogP) is -2.53. The number of thiol groups is 1. The zero-order valence-electron chi connectivity index (χ0n) is 26.3. The van der Waals surface area contributed by atoms with Gasteiger partial charge in [0, 0.05) is 12.2 Å². The maximum absolute atomic E-state index is 12.9. The lowest BCUT2D eigenvalue weighted by atomic mass is 10.0. The second kappa shape index (κ2) is 24.1. The molecule has 0 heterocycles. The Morgan fingerprint density at radius 2 is 1.30 bits per heavy atom. The highest BCUT2D eigenvalue weighted by Crippen LogP contribution is 2.07. The van der Waals surface area contributed by atoms with E-state index >= 15 is 0 Å². The Hall–Kier alpha value is -4.11. The molecule has 0 radical (unpaired) electrons. The summed E-state index contributed by atoms with van der Waals surface area (Å²) in [6, 6.07) is -6.85. The average molecular weight is 712 g/mol. The molecule has 12 N–H and O–H groups in total. The zero-order valence-corrected chi connectivity index (χ0v) is 28.0. The van der Waals surface area contributed by atoms with E-state index in [1.54, 1.807) is 20.1 Å². The molecule has 0 bridgehead atoms. The number of hydrogen-bond donors (Lipinski definition) is 11. The Balaban J connectivity index is 0. The van der Waals surface area contributed by atoms with Gasteiger partial charge in [-0.3, -0.25) is 38.4 Å². The van der Waals surface area contributed by atoms with Crippen molar-refractivity contribution in [3.05, 3.63) is 0 Å². The van der Waals surface area contributed by atoms with E-state index in [-0.39, 0.29) is 37.1 Å². The van der Waals surface area contributed by atoms with Crippen LogP contribution < -0.4 is 38.1 Å². The lowest BCUT2D eigenvalue weighted by Crippen LogP contribution is -2.57. The SMILES string of the molecule is CSCC[C@H](NC=O)C(=O)N[C@@H](CC(=O)O)C(=O)NCC(=O)N[C@@H](CS)C(=O)N[C@@H](CCC(=O)O)C(=O)N[C@@H](CC(C)C)C(=O)O.N. The molecule has 0 rings (SSSR count). The van der Waals surface area contributed by atoms with Crippen LogP contribution in [0.3, 0.4) is 0 Å². The third-order valence-corrected chi connectivity index (χ3v) is 7.08. The van der Waals surface area contributed by atoms with Crippen LogP contribution in [0.1, 0.15) is 46.0 Å². The van der Waals surface area contributed by atoms with E-state index in [1.807, 2.05) is 0 Å². The minimum Gasteiger partial charge on any atom is -0.481 e. The van der Waals surface area contributed by atoms with Gasteiger partial charge >= 0.3 is 17.9 Å². The van der Waals surface area contributed by atoms with Crippen molar-refractivity contribution in [2.24, 2.45) is 5.92 Å². The summed E-state index contributed by atoms with van der Waals surface area (Å²) in [5, 5.41) is 41.1. The van der Waals surface area contributed by atoms with Gasteiger partial charge in [0.15, 0.2) is 0 Å². The number of carboxylic acids is 3. The first-order chi connectivity index (χ1) is 21.6. The molecule has 0 aromatic rings. The van der Waals surface area contributed by atoms with Crippen LogP contribution in [0.4, 0.5) is 0 Å². The van der Waals surface area contributed by atoms with Gasteiger partial charge in [-0.1, -0.05) is 13.8 Å². The molecular formula is C26H45N7O12S2. The van der Waals surface area contributed by atoms with E-state index in [9.17, 15) is 53.4 Å². The Morgan fingerprint density at radius 3 is 1.79 bits per heavy atom. The molecule has 0 aromatic heterocycles. The first-order valence-corrected chi connectivity index (χ1v) is 16.0. The maximum atomic E-state index is 12.9. The van der Waals surface area contributed by atoms with E-state index in [1.165, 1.54) is 11.8 Å². The van der Waals surface area contributed by atoms with Crippen LogP contribution in [0.25, 0.3) is 0 Å². The quantitative estimate of drug-likeness (QED) is 0.0364. The number of nitrogens with one attached hydrogen (secondary N) is 6. The second-order valence-electron chi connectivity index (χ2n) is 10.3. The van der Waals surface area contributed by atoms with Gasteiger partial charge in [0.1, 0.15) is 30.2 Å². The van der Waals surface area contributed by atoms with E-state index in [0.717, 1.165) is 0 Å². The molecule has 0 saturated carbocycles. The summed E-state index contributed by atoms with van der Waals surface area (Å²) in [6.45, 7) is 2.68. The van der Waals surface area contributed by atoms with Crippen molar-refractivity contribution in [3.63, 3.8) is 0 Å². The molecule has 0 aliphatic heterocycles. The van der Waals surface area contributed by atoms with Crippen molar-refractivity contribution in [1.29, 1.82) is 0 Å². The van der Waals surface area contributed by atoms with E-state index in [0.29, 0.717) is 5.75 Å². The molecule has 5 atom stereocenters. The van der Waals surface area contributed by atoms with E-state index in [2.05, 4.69) is 44.5 Å². The van der Waals surface area contributed by atoms with Crippen LogP contribution >= 0.6 is 24.4 Å². The Bertz CT molecular complexity index is 1110. The molecule has 0 aromatic carbocycles. The smallest absolute Gasteiger partial charge is 0.326 e. The second-order valence-corrected chi connectivity index (χ2v) is 11.7. The van der Waals surface area contributed by atoms with Crippen LogP contribution in [0.2, 0.25) is 0 Å². The van der Waals surface area contributed by atoms with Gasteiger partial charge in [0.05, 0.1) is 13.0 Å². The highest BCUT2D eigenvalue weighted by atomic mass is 32.2. The average Bonchev–Trinajstić information content (AvgIpc) is 2.97. The molecule has 0 unspecified atom stereocenters. The van der Waals surface area contributed by atoms with E-state index < -0.39 is 103 Å². The molecule has 0 saturated heterocycles. The summed E-state index contributed by atoms with van der Waals surface area (Å²) < 4.78 is 0. The monoisotopic (exact) mass is 711 g/mol. The fraction of sp³-hybridized carbons (Fsp3) is 0.654. The largest absolute Gasteiger partial charge is 0.481 e. The molecule has 21 heteroatoms. The number of thioether (sulfide) groups is 1. The third kappa shape index (κ3) is 19.2. The van der Waals surface area contributed by atoms with Crippen molar-refractivity contribution >= 4 is 78.2 Å². The van der Waals surface area contributed by atoms with Gasteiger partial charge in [-0.25, -0.2) is 4.79 Å².